The van der Waals surface area contributed by atoms with Gasteiger partial charge in [-0.15, -0.1) is 10.2 Å². The molecule has 1 atom stereocenters. The Morgan fingerprint density at radius 1 is 1.12 bits per heavy atom. The molecule has 0 aliphatic carbocycles. The van der Waals surface area contributed by atoms with Gasteiger partial charge in [-0.05, 0) is 49.4 Å². The molecule has 0 unspecified atom stereocenters. The first-order valence-electron chi connectivity index (χ1n) is 11.0. The van der Waals surface area contributed by atoms with Crippen LogP contribution in [0.5, 0.6) is 5.75 Å². The zero-order valence-electron chi connectivity index (χ0n) is 19.5. The van der Waals surface area contributed by atoms with E-state index in [0.717, 1.165) is 27.9 Å². The molecular weight excluding hydrogens is 420 g/mol. The molecule has 0 aliphatic heterocycles. The van der Waals surface area contributed by atoms with Crippen molar-refractivity contribution in [3.63, 3.8) is 0 Å². The van der Waals surface area contributed by atoms with E-state index in [0.29, 0.717) is 19.1 Å². The van der Waals surface area contributed by atoms with Crippen LogP contribution in [0.2, 0.25) is 0 Å². The molecule has 170 valence electrons. The number of amides is 1. The number of nitrogens with zero attached hydrogens (tertiary/aromatic N) is 3. The van der Waals surface area contributed by atoms with E-state index >= 15 is 0 Å². The van der Waals surface area contributed by atoms with Gasteiger partial charge in [-0.3, -0.25) is 4.79 Å². The monoisotopic (exact) mass is 452 g/mol. The topological polar surface area (TPSA) is 69.0 Å². The van der Waals surface area contributed by atoms with Gasteiger partial charge in [0.05, 0.1) is 11.8 Å². The van der Waals surface area contributed by atoms with E-state index in [4.69, 9.17) is 4.74 Å². The quantitative estimate of drug-likeness (QED) is 0.424. The third-order valence-corrected chi connectivity index (χ3v) is 6.23. The number of ether oxygens (including phenoxy) is 1. The lowest BCUT2D eigenvalue weighted by Crippen LogP contribution is -2.28. The fourth-order valence-electron chi connectivity index (χ4n) is 3.47. The lowest BCUT2D eigenvalue weighted by molar-refractivity contribution is -0.119. The third kappa shape index (κ3) is 6.13. The largest absolute Gasteiger partial charge is 0.485 e. The summed E-state index contributed by atoms with van der Waals surface area (Å²) in [6.45, 7) is 11.4. The first-order valence-corrected chi connectivity index (χ1v) is 12.0. The lowest BCUT2D eigenvalue weighted by atomic mass is 10.0. The van der Waals surface area contributed by atoms with Gasteiger partial charge in [0.1, 0.15) is 12.4 Å². The average Bonchev–Trinajstić information content (AvgIpc) is 3.18. The normalized spacial score (nSPS) is 12.1. The molecule has 1 aromatic heterocycles. The van der Waals surface area contributed by atoms with Crippen molar-refractivity contribution in [2.75, 3.05) is 5.75 Å². The van der Waals surface area contributed by atoms with Gasteiger partial charge in [-0.25, -0.2) is 0 Å². The van der Waals surface area contributed by atoms with Crippen molar-refractivity contribution in [2.45, 2.75) is 64.9 Å². The highest BCUT2D eigenvalue weighted by Crippen LogP contribution is 2.28. The lowest BCUT2D eigenvalue weighted by Gasteiger charge is -2.15. The standard InChI is InChI=1S/C25H32N4O2S/c1-6-29-23(15-31-22-14-18(4)12-13-21(22)17(2)3)27-28-25(29)32-16-24(30)26-19(5)20-10-8-7-9-11-20/h7-14,17,19H,6,15-16H2,1-5H3,(H,26,30)/t19-/m1/s1. The second-order valence-corrected chi connectivity index (χ2v) is 9.06. The van der Waals surface area contributed by atoms with Crippen LogP contribution in [0.4, 0.5) is 0 Å². The zero-order chi connectivity index (χ0) is 23.1. The van der Waals surface area contributed by atoms with Gasteiger partial charge >= 0.3 is 0 Å². The van der Waals surface area contributed by atoms with Gasteiger partial charge in [0.25, 0.3) is 0 Å². The first kappa shape index (κ1) is 23.9. The smallest absolute Gasteiger partial charge is 0.230 e. The van der Waals surface area contributed by atoms with Crippen LogP contribution < -0.4 is 10.1 Å². The summed E-state index contributed by atoms with van der Waals surface area (Å²) in [4.78, 5) is 12.4. The number of nitrogens with one attached hydrogen (secondary N) is 1. The van der Waals surface area contributed by atoms with Crippen LogP contribution in [0.1, 0.15) is 62.2 Å². The molecule has 7 heteroatoms. The maximum atomic E-state index is 12.4. The molecule has 0 fully saturated rings. The molecule has 32 heavy (non-hydrogen) atoms. The Hall–Kier alpha value is -2.80. The van der Waals surface area contributed by atoms with Crippen molar-refractivity contribution in [3.8, 4) is 5.75 Å². The molecule has 1 N–H and O–H groups in total. The maximum absolute atomic E-state index is 12.4. The second-order valence-electron chi connectivity index (χ2n) is 8.12. The Balaban J connectivity index is 1.60. The van der Waals surface area contributed by atoms with Crippen LogP contribution in [-0.2, 0) is 17.9 Å². The number of hydrogen-bond donors (Lipinski definition) is 1. The van der Waals surface area contributed by atoms with Gasteiger partial charge < -0.3 is 14.6 Å². The number of carbonyl (C=O) groups excluding carboxylic acids is 1. The van der Waals surface area contributed by atoms with Crippen molar-refractivity contribution < 1.29 is 9.53 Å². The van der Waals surface area contributed by atoms with E-state index < -0.39 is 0 Å². The van der Waals surface area contributed by atoms with Gasteiger partial charge in [0.15, 0.2) is 11.0 Å². The summed E-state index contributed by atoms with van der Waals surface area (Å²) in [6.07, 6.45) is 0. The Kier molecular flexibility index (Phi) is 8.33. The summed E-state index contributed by atoms with van der Waals surface area (Å²) >= 11 is 1.39. The molecule has 0 saturated carbocycles. The predicted molar refractivity (Wildman–Crippen MR) is 129 cm³/mol. The minimum atomic E-state index is -0.0400. The summed E-state index contributed by atoms with van der Waals surface area (Å²) in [5.41, 5.74) is 3.42. The van der Waals surface area contributed by atoms with Gasteiger partial charge in [-0.1, -0.05) is 68.1 Å². The molecule has 3 aromatic rings. The number of thioether (sulfide) groups is 1. The van der Waals surface area contributed by atoms with Crippen molar-refractivity contribution in [1.29, 1.82) is 0 Å². The molecule has 0 spiro atoms. The van der Waals surface area contributed by atoms with Crippen molar-refractivity contribution in [1.82, 2.24) is 20.1 Å². The van der Waals surface area contributed by atoms with Crippen LogP contribution in [0.15, 0.2) is 53.7 Å². The molecular formula is C25H32N4O2S. The van der Waals surface area contributed by atoms with Crippen molar-refractivity contribution in [3.05, 3.63) is 71.0 Å². The van der Waals surface area contributed by atoms with Crippen molar-refractivity contribution in [2.24, 2.45) is 0 Å². The maximum Gasteiger partial charge on any atom is 0.230 e. The summed E-state index contributed by atoms with van der Waals surface area (Å²) in [5.74, 6) is 2.26. The van der Waals surface area contributed by atoms with E-state index in [-0.39, 0.29) is 17.7 Å². The summed E-state index contributed by atoms with van der Waals surface area (Å²) < 4.78 is 8.14. The number of aryl methyl sites for hydroxylation is 1. The highest BCUT2D eigenvalue weighted by atomic mass is 32.2. The zero-order valence-corrected chi connectivity index (χ0v) is 20.3. The van der Waals surface area contributed by atoms with Gasteiger partial charge in [0.2, 0.25) is 5.91 Å². The SMILES string of the molecule is CCn1c(COc2cc(C)ccc2C(C)C)nnc1SCC(=O)N[C@H](C)c1ccccc1. The number of rotatable bonds is 10. The van der Waals surface area contributed by atoms with E-state index in [9.17, 15) is 4.79 Å². The average molecular weight is 453 g/mol. The summed E-state index contributed by atoms with van der Waals surface area (Å²) in [6, 6.07) is 16.2. The van der Waals surface area contributed by atoms with E-state index in [1.54, 1.807) is 0 Å². The van der Waals surface area contributed by atoms with E-state index in [1.807, 2.05) is 48.7 Å². The number of benzene rings is 2. The Morgan fingerprint density at radius 3 is 2.56 bits per heavy atom. The summed E-state index contributed by atoms with van der Waals surface area (Å²) in [7, 11) is 0. The summed E-state index contributed by atoms with van der Waals surface area (Å²) in [5, 5.41) is 12.4. The Labute approximate surface area is 194 Å². The minimum Gasteiger partial charge on any atom is -0.485 e. The number of carbonyl (C=O) groups is 1. The van der Waals surface area contributed by atoms with Crippen LogP contribution in [0, 0.1) is 6.92 Å². The van der Waals surface area contributed by atoms with Crippen LogP contribution in [-0.4, -0.2) is 26.4 Å². The van der Waals surface area contributed by atoms with Crippen LogP contribution in [0.25, 0.3) is 0 Å². The number of aromatic nitrogens is 3. The van der Waals surface area contributed by atoms with Gasteiger partial charge in [-0.2, -0.15) is 0 Å². The van der Waals surface area contributed by atoms with E-state index in [2.05, 4.69) is 54.5 Å². The molecule has 0 bridgehead atoms. The molecule has 2 aromatic carbocycles. The Morgan fingerprint density at radius 2 is 1.88 bits per heavy atom. The van der Waals surface area contributed by atoms with E-state index in [1.165, 1.54) is 17.3 Å². The molecule has 0 saturated heterocycles. The molecule has 0 aliphatic rings. The molecule has 0 radical (unpaired) electrons. The van der Waals surface area contributed by atoms with Crippen LogP contribution in [0.3, 0.4) is 0 Å². The minimum absolute atomic E-state index is 0.0313. The highest BCUT2D eigenvalue weighted by molar-refractivity contribution is 7.99. The highest BCUT2D eigenvalue weighted by Gasteiger charge is 2.16. The first-order chi connectivity index (χ1) is 15.4. The number of hydrogen-bond acceptors (Lipinski definition) is 5. The van der Waals surface area contributed by atoms with Crippen molar-refractivity contribution >= 4 is 17.7 Å². The Bertz CT molecular complexity index is 1030. The molecule has 3 rings (SSSR count). The van der Waals surface area contributed by atoms with Crippen LogP contribution >= 0.6 is 11.8 Å². The third-order valence-electron chi connectivity index (χ3n) is 5.27. The fraction of sp³-hybridized carbons (Fsp3) is 0.400. The molecule has 1 amide bonds. The van der Waals surface area contributed by atoms with Gasteiger partial charge in [0, 0.05) is 6.54 Å². The molecule has 1 heterocycles. The predicted octanol–water partition coefficient (Wildman–Crippen LogP) is 5.28. The molecule has 6 nitrogen and oxygen atoms in total. The second kappa shape index (κ2) is 11.2. The fourth-order valence-corrected chi connectivity index (χ4v) is 4.31.